The van der Waals surface area contributed by atoms with Crippen LogP contribution in [0.25, 0.3) is 0 Å². The molecule has 30 heavy (non-hydrogen) atoms. The molecule has 0 unspecified atom stereocenters. The summed E-state index contributed by atoms with van der Waals surface area (Å²) >= 11 is 0. The number of ether oxygens (including phenoxy) is 3. The molecular formula is C19H19N3O8. The molecule has 1 aliphatic rings. The molecule has 1 heterocycles. The van der Waals surface area contributed by atoms with Gasteiger partial charge in [-0.2, -0.15) is 0 Å². The molecule has 1 aromatic rings. The lowest BCUT2D eigenvalue weighted by Crippen LogP contribution is -2.27. The molecule has 11 heteroatoms. The summed E-state index contributed by atoms with van der Waals surface area (Å²) in [4.78, 5) is 48.4. The maximum atomic E-state index is 12.5. The van der Waals surface area contributed by atoms with Crippen molar-refractivity contribution >= 4 is 35.1 Å². The van der Waals surface area contributed by atoms with Gasteiger partial charge in [0.25, 0.3) is 5.69 Å². The van der Waals surface area contributed by atoms with Crippen molar-refractivity contribution in [2.24, 2.45) is 0 Å². The second kappa shape index (κ2) is 9.87. The first-order valence-electron chi connectivity index (χ1n) is 8.61. The Hall–Kier alpha value is -4.15. The van der Waals surface area contributed by atoms with E-state index in [1.54, 1.807) is 6.92 Å². The Bertz CT molecular complexity index is 965. The van der Waals surface area contributed by atoms with Crippen LogP contribution in [0.3, 0.4) is 0 Å². The second-order valence-corrected chi connectivity index (χ2v) is 5.62. The number of esters is 2. The number of methoxy groups -OCH3 is 2. The van der Waals surface area contributed by atoms with Crippen molar-refractivity contribution in [3.8, 4) is 0 Å². The van der Waals surface area contributed by atoms with E-state index in [2.05, 4.69) is 5.32 Å². The number of nitro groups is 1. The second-order valence-electron chi connectivity index (χ2n) is 5.62. The molecule has 1 N–H and O–H groups in total. The Morgan fingerprint density at radius 3 is 2.43 bits per heavy atom. The molecule has 11 nitrogen and oxygen atoms in total. The smallest absolute Gasteiger partial charge is 0.411 e. The van der Waals surface area contributed by atoms with E-state index >= 15 is 0 Å². The number of hydrogen-bond acceptors (Lipinski definition) is 9. The number of carbonyl (C=O) groups is 3. The summed E-state index contributed by atoms with van der Waals surface area (Å²) < 4.78 is 14.2. The van der Waals surface area contributed by atoms with E-state index in [9.17, 15) is 24.5 Å². The van der Waals surface area contributed by atoms with E-state index in [-0.39, 0.29) is 29.3 Å². The molecule has 0 aliphatic carbocycles. The van der Waals surface area contributed by atoms with Gasteiger partial charge in [-0.05, 0) is 31.2 Å². The van der Waals surface area contributed by atoms with Crippen LogP contribution in [-0.4, -0.2) is 43.8 Å². The minimum absolute atomic E-state index is 0.0452. The van der Waals surface area contributed by atoms with E-state index in [4.69, 9.17) is 14.2 Å². The number of hydrogen-bond donors (Lipinski definition) is 1. The fourth-order valence-electron chi connectivity index (χ4n) is 2.59. The van der Waals surface area contributed by atoms with Gasteiger partial charge in [-0.3, -0.25) is 15.4 Å². The van der Waals surface area contributed by atoms with E-state index < -0.39 is 28.6 Å². The number of nitrogens with one attached hydrogen (secondary N) is 1. The van der Waals surface area contributed by atoms with E-state index in [0.29, 0.717) is 0 Å². The highest BCUT2D eigenvalue weighted by molar-refractivity contribution is 6.06. The van der Waals surface area contributed by atoms with E-state index in [1.807, 2.05) is 0 Å². The Morgan fingerprint density at radius 2 is 1.83 bits per heavy atom. The van der Waals surface area contributed by atoms with Crippen LogP contribution in [0, 0.1) is 10.1 Å². The Balaban J connectivity index is 2.64. The topological polar surface area (TPSA) is 137 Å². The third-order valence-electron chi connectivity index (χ3n) is 3.84. The van der Waals surface area contributed by atoms with Crippen molar-refractivity contribution in [2.45, 2.75) is 6.92 Å². The van der Waals surface area contributed by atoms with Crippen LogP contribution in [0.1, 0.15) is 6.92 Å². The molecule has 0 atom stereocenters. The summed E-state index contributed by atoms with van der Waals surface area (Å²) in [7, 11) is 2.25. The third kappa shape index (κ3) is 4.82. The van der Waals surface area contributed by atoms with Gasteiger partial charge in [-0.1, -0.05) is 6.08 Å². The molecule has 0 spiro atoms. The fourth-order valence-corrected chi connectivity index (χ4v) is 2.59. The maximum absolute atomic E-state index is 12.5. The van der Waals surface area contributed by atoms with Crippen LogP contribution in [0.2, 0.25) is 0 Å². The van der Waals surface area contributed by atoms with Gasteiger partial charge >= 0.3 is 18.0 Å². The predicted molar refractivity (Wildman–Crippen MR) is 106 cm³/mol. The van der Waals surface area contributed by atoms with Crippen LogP contribution in [0.5, 0.6) is 0 Å². The predicted octanol–water partition coefficient (Wildman–Crippen LogP) is 2.65. The first kappa shape index (κ1) is 22.1. The number of benzene rings is 1. The van der Waals surface area contributed by atoms with Crippen molar-refractivity contribution in [3.63, 3.8) is 0 Å². The summed E-state index contributed by atoms with van der Waals surface area (Å²) in [6, 6.07) is 3.80. The molecular weight excluding hydrogens is 398 g/mol. The highest BCUT2D eigenvalue weighted by Gasteiger charge is 2.31. The molecule has 0 saturated heterocycles. The zero-order valence-corrected chi connectivity index (χ0v) is 16.4. The molecule has 1 aromatic carbocycles. The van der Waals surface area contributed by atoms with E-state index in [0.717, 1.165) is 25.2 Å². The van der Waals surface area contributed by atoms with Gasteiger partial charge in [0.15, 0.2) is 0 Å². The van der Waals surface area contributed by atoms with Crippen molar-refractivity contribution in [1.29, 1.82) is 0 Å². The van der Waals surface area contributed by atoms with Gasteiger partial charge in [-0.25, -0.2) is 14.4 Å². The minimum atomic E-state index is -0.908. The van der Waals surface area contributed by atoms with Crippen LogP contribution >= 0.6 is 0 Å². The number of allylic oxidation sites excluding steroid dienone is 2. The highest BCUT2D eigenvalue weighted by Crippen LogP contribution is 2.35. The van der Waals surface area contributed by atoms with Gasteiger partial charge in [0.1, 0.15) is 11.4 Å². The zero-order valence-electron chi connectivity index (χ0n) is 16.4. The molecule has 158 valence electrons. The molecule has 2 rings (SSSR count). The number of anilines is 2. The zero-order chi connectivity index (χ0) is 22.3. The van der Waals surface area contributed by atoms with Crippen LogP contribution in [0.4, 0.5) is 21.9 Å². The van der Waals surface area contributed by atoms with Crippen molar-refractivity contribution in [3.05, 3.63) is 64.0 Å². The summed E-state index contributed by atoms with van der Waals surface area (Å²) in [5.41, 5.74) is -0.809. The SMILES string of the molecule is CCOC(=O)Nc1ccc(N2C=CC=CC(C(=O)OC)=C2C(=O)OC)c([N+](=O)[O-])c1. The number of rotatable bonds is 6. The number of nitrogens with zero attached hydrogens (tertiary/aromatic N) is 2. The first-order valence-corrected chi connectivity index (χ1v) is 8.61. The molecule has 0 saturated carbocycles. The molecule has 0 bridgehead atoms. The summed E-state index contributed by atoms with van der Waals surface area (Å²) in [5, 5.41) is 14.1. The molecule has 0 radical (unpaired) electrons. The Labute approximate surface area is 171 Å². The summed E-state index contributed by atoms with van der Waals surface area (Å²) in [6.45, 7) is 1.74. The maximum Gasteiger partial charge on any atom is 0.411 e. The van der Waals surface area contributed by atoms with E-state index in [1.165, 1.54) is 36.6 Å². The number of carbonyl (C=O) groups excluding carboxylic acids is 3. The lowest BCUT2D eigenvalue weighted by Gasteiger charge is -2.23. The average molecular weight is 417 g/mol. The highest BCUT2D eigenvalue weighted by atomic mass is 16.6. The monoisotopic (exact) mass is 417 g/mol. The normalized spacial score (nSPS) is 12.8. The van der Waals surface area contributed by atoms with Crippen molar-refractivity contribution < 1.29 is 33.5 Å². The number of amides is 1. The van der Waals surface area contributed by atoms with Gasteiger partial charge in [0, 0.05) is 12.3 Å². The number of nitro benzene ring substituents is 1. The quantitative estimate of drug-likeness (QED) is 0.320. The Kier molecular flexibility index (Phi) is 7.28. The Morgan fingerprint density at radius 1 is 1.13 bits per heavy atom. The molecule has 0 fully saturated rings. The van der Waals surface area contributed by atoms with Crippen molar-refractivity contribution in [2.75, 3.05) is 31.0 Å². The summed E-state index contributed by atoms with van der Waals surface area (Å²) in [6.07, 6.45) is 4.86. The molecule has 1 amide bonds. The van der Waals surface area contributed by atoms with Gasteiger partial charge in [0.05, 0.1) is 37.0 Å². The largest absolute Gasteiger partial charge is 0.465 e. The minimum Gasteiger partial charge on any atom is -0.465 e. The van der Waals surface area contributed by atoms with Gasteiger partial charge < -0.3 is 19.1 Å². The van der Waals surface area contributed by atoms with Crippen LogP contribution in [-0.2, 0) is 23.8 Å². The molecule has 1 aliphatic heterocycles. The average Bonchev–Trinajstić information content (AvgIpc) is 2.95. The van der Waals surface area contributed by atoms with Crippen LogP contribution in [0.15, 0.2) is 53.9 Å². The first-order chi connectivity index (χ1) is 14.3. The molecule has 0 aromatic heterocycles. The lowest BCUT2D eigenvalue weighted by molar-refractivity contribution is -0.384. The standard InChI is InChI=1S/C19H19N3O8/c1-4-30-19(25)20-12-8-9-14(15(11-12)22(26)27)21-10-6-5-7-13(17(23)28-2)16(21)18(24)29-3/h5-11H,4H2,1-3H3,(H,20,25). The van der Waals surface area contributed by atoms with Gasteiger partial charge in [0.2, 0.25) is 0 Å². The van der Waals surface area contributed by atoms with Crippen molar-refractivity contribution in [1.82, 2.24) is 0 Å². The third-order valence-corrected chi connectivity index (χ3v) is 3.84. The summed E-state index contributed by atoms with van der Waals surface area (Å²) in [5.74, 6) is -1.74. The fraction of sp³-hybridized carbons (Fsp3) is 0.211. The lowest BCUT2D eigenvalue weighted by atomic mass is 10.1. The van der Waals surface area contributed by atoms with Crippen LogP contribution < -0.4 is 10.2 Å². The van der Waals surface area contributed by atoms with Gasteiger partial charge in [-0.15, -0.1) is 0 Å².